The van der Waals surface area contributed by atoms with E-state index in [1.54, 1.807) is 7.11 Å². The van der Waals surface area contributed by atoms with Gasteiger partial charge in [-0.2, -0.15) is 5.10 Å². The van der Waals surface area contributed by atoms with Crippen molar-refractivity contribution in [2.75, 3.05) is 18.6 Å². The minimum atomic E-state index is -0.371. The molecule has 0 saturated heterocycles. The Morgan fingerprint density at radius 1 is 1.02 bits per heavy atom. The Balaban J connectivity index is 1.21. The van der Waals surface area contributed by atoms with Crippen LogP contribution in [-0.2, 0) is 14.9 Å². The first-order valence-electron chi connectivity index (χ1n) is 18.8. The van der Waals surface area contributed by atoms with E-state index in [0.29, 0.717) is 38.0 Å². The zero-order chi connectivity index (χ0) is 35.7. The molecule has 50 heavy (non-hydrogen) atoms. The van der Waals surface area contributed by atoms with Crippen LogP contribution in [0.1, 0.15) is 122 Å². The lowest BCUT2D eigenvalue weighted by Gasteiger charge is -2.55. The van der Waals surface area contributed by atoms with Crippen molar-refractivity contribution in [2.24, 2.45) is 11.3 Å². The van der Waals surface area contributed by atoms with Gasteiger partial charge in [0.25, 0.3) is 0 Å². The zero-order valence-electron chi connectivity index (χ0n) is 31.3. The summed E-state index contributed by atoms with van der Waals surface area (Å²) in [6.45, 7) is 13.1. The predicted molar refractivity (Wildman–Crippen MR) is 197 cm³/mol. The number of anilines is 1. The quantitative estimate of drug-likeness (QED) is 0.217. The lowest BCUT2D eigenvalue weighted by atomic mass is 9.51. The van der Waals surface area contributed by atoms with Gasteiger partial charge in [-0.1, -0.05) is 19.1 Å². The molecule has 0 unspecified atom stereocenters. The van der Waals surface area contributed by atoms with Crippen LogP contribution in [0.4, 0.5) is 10.6 Å². The monoisotopic (exact) mass is 683 g/mol. The molecule has 4 fully saturated rings. The first-order valence-corrected chi connectivity index (χ1v) is 18.8. The Morgan fingerprint density at radius 3 is 2.32 bits per heavy atom. The van der Waals surface area contributed by atoms with Crippen LogP contribution in [0.15, 0.2) is 48.9 Å². The number of hydrogen-bond donors (Lipinski definition) is 1. The third-order valence-electron chi connectivity index (χ3n) is 12.3. The highest BCUT2D eigenvalue weighted by atomic mass is 16.6. The summed E-state index contributed by atoms with van der Waals surface area (Å²) < 4.78 is 13.3. The van der Waals surface area contributed by atoms with E-state index < -0.39 is 0 Å². The van der Waals surface area contributed by atoms with E-state index in [-0.39, 0.29) is 46.4 Å². The number of ether oxygens (including phenoxy) is 2. The van der Waals surface area contributed by atoms with Gasteiger partial charge in [-0.3, -0.25) is 14.4 Å². The summed E-state index contributed by atoms with van der Waals surface area (Å²) in [6.07, 6.45) is 15.5. The van der Waals surface area contributed by atoms with Crippen LogP contribution in [0.5, 0.6) is 5.75 Å². The summed E-state index contributed by atoms with van der Waals surface area (Å²) in [6, 6.07) is 11.1. The predicted octanol–water partition coefficient (Wildman–Crippen LogP) is 8.94. The van der Waals surface area contributed by atoms with Crippen molar-refractivity contribution in [1.29, 1.82) is 0 Å². The first-order chi connectivity index (χ1) is 23.8. The second-order valence-electron chi connectivity index (χ2n) is 16.3. The molecular formula is C41H57N5O4. The van der Waals surface area contributed by atoms with Crippen LogP contribution in [0.3, 0.4) is 0 Å². The average molecular weight is 684 g/mol. The SMILES string of the molecule is CCC(C)(C)NC(=O)OC1CCC(C(=O)N(CC23CCC(c4ccc(OC)c(C)c4)(CC2)CC3)c2cc(-c3cnn(C(C)C)c3)ccn2)CC1. The molecule has 270 valence electrons. The molecule has 2 amide bonds. The number of nitrogens with zero attached hydrogens (tertiary/aromatic N) is 4. The van der Waals surface area contributed by atoms with E-state index in [0.717, 1.165) is 61.8 Å². The molecule has 2 bridgehead atoms. The Bertz CT molecular complexity index is 1650. The summed E-state index contributed by atoms with van der Waals surface area (Å²) in [5.74, 6) is 1.66. The summed E-state index contributed by atoms with van der Waals surface area (Å²) in [4.78, 5) is 34.1. The zero-order valence-corrected chi connectivity index (χ0v) is 31.3. The number of carbonyl (C=O) groups excluding carboxylic acids is 2. The molecule has 9 nitrogen and oxygen atoms in total. The van der Waals surface area contributed by atoms with E-state index in [4.69, 9.17) is 14.5 Å². The molecule has 4 aliphatic carbocycles. The molecule has 1 aromatic carbocycles. The van der Waals surface area contributed by atoms with Crippen LogP contribution in [0.2, 0.25) is 0 Å². The second kappa shape index (κ2) is 14.4. The topological polar surface area (TPSA) is 98.6 Å². The molecular weight excluding hydrogens is 626 g/mol. The van der Waals surface area contributed by atoms with Crippen LogP contribution in [0.25, 0.3) is 11.1 Å². The maximum absolute atomic E-state index is 14.7. The van der Waals surface area contributed by atoms with Crippen molar-refractivity contribution >= 4 is 17.8 Å². The number of benzene rings is 1. The molecule has 2 heterocycles. The van der Waals surface area contributed by atoms with Crippen LogP contribution >= 0.6 is 0 Å². The number of fused-ring (bicyclic) bond motifs is 3. The highest BCUT2D eigenvalue weighted by molar-refractivity contribution is 5.95. The van der Waals surface area contributed by atoms with Gasteiger partial charge in [-0.05, 0) is 151 Å². The van der Waals surface area contributed by atoms with Crippen molar-refractivity contribution in [3.63, 3.8) is 0 Å². The van der Waals surface area contributed by atoms with E-state index in [2.05, 4.69) is 61.6 Å². The number of methoxy groups -OCH3 is 1. The highest BCUT2D eigenvalue weighted by Crippen LogP contribution is 2.58. The smallest absolute Gasteiger partial charge is 0.407 e. The molecule has 7 rings (SSSR count). The third kappa shape index (κ3) is 7.57. The molecule has 3 aromatic rings. The Hall–Kier alpha value is -3.88. The van der Waals surface area contributed by atoms with Gasteiger partial charge in [0, 0.05) is 42.0 Å². The van der Waals surface area contributed by atoms with Crippen LogP contribution in [0, 0.1) is 18.3 Å². The average Bonchev–Trinajstić information content (AvgIpc) is 3.63. The van der Waals surface area contributed by atoms with Crippen molar-refractivity contribution in [3.05, 3.63) is 60.0 Å². The third-order valence-corrected chi connectivity index (χ3v) is 12.3. The summed E-state index contributed by atoms with van der Waals surface area (Å²) in [5, 5.41) is 7.54. The van der Waals surface area contributed by atoms with Gasteiger partial charge in [-0.15, -0.1) is 0 Å². The van der Waals surface area contributed by atoms with Crippen molar-refractivity contribution in [2.45, 2.75) is 135 Å². The van der Waals surface area contributed by atoms with Gasteiger partial charge < -0.3 is 14.8 Å². The first kappa shape index (κ1) is 35.9. The molecule has 1 N–H and O–H groups in total. The maximum Gasteiger partial charge on any atom is 0.407 e. The minimum absolute atomic E-state index is 0.0591. The molecule has 0 radical (unpaired) electrons. The molecule has 2 aromatic heterocycles. The number of rotatable bonds is 11. The lowest BCUT2D eigenvalue weighted by Crippen LogP contribution is -2.52. The molecule has 0 aliphatic heterocycles. The van der Waals surface area contributed by atoms with Crippen molar-refractivity contribution in [3.8, 4) is 16.9 Å². The van der Waals surface area contributed by atoms with Gasteiger partial charge in [0.1, 0.15) is 17.7 Å². The molecule has 0 atom stereocenters. The van der Waals surface area contributed by atoms with E-state index in [9.17, 15) is 9.59 Å². The minimum Gasteiger partial charge on any atom is -0.496 e. The molecule has 9 heteroatoms. The summed E-state index contributed by atoms with van der Waals surface area (Å²) >= 11 is 0. The van der Waals surface area contributed by atoms with Gasteiger partial charge >= 0.3 is 6.09 Å². The second-order valence-corrected chi connectivity index (χ2v) is 16.3. The largest absolute Gasteiger partial charge is 0.496 e. The summed E-state index contributed by atoms with van der Waals surface area (Å²) in [7, 11) is 1.74. The number of pyridine rings is 1. The fraction of sp³-hybridized carbons (Fsp3) is 0.610. The number of hydrogen-bond acceptors (Lipinski definition) is 6. The highest BCUT2D eigenvalue weighted by Gasteiger charge is 2.51. The fourth-order valence-electron chi connectivity index (χ4n) is 8.46. The number of aryl methyl sites for hydroxylation is 1. The standard InChI is InChI=1S/C41H57N5O4/c1-8-39(5,6)44-38(48)50-34-12-9-30(10-13-34)37(47)45(36-24-31(15-22-42-36)32-25-43-46(26-32)28(2)3)27-40-16-19-41(20-17-40,21-18-40)33-11-14-35(49-7)29(4)23-33/h11,14-15,22-26,28,30,34H,8-10,12-13,16-21,27H2,1-7H3,(H,44,48). The maximum atomic E-state index is 14.7. The van der Waals surface area contributed by atoms with Crippen molar-refractivity contribution < 1.29 is 19.1 Å². The number of carbonyl (C=O) groups is 2. The molecule has 0 spiro atoms. The summed E-state index contributed by atoms with van der Waals surface area (Å²) in [5.41, 5.74) is 4.59. The normalized spacial score (nSPS) is 25.0. The Labute approximate surface area is 298 Å². The number of aromatic nitrogens is 3. The van der Waals surface area contributed by atoms with Crippen molar-refractivity contribution in [1.82, 2.24) is 20.1 Å². The van der Waals surface area contributed by atoms with E-state index in [1.165, 1.54) is 11.1 Å². The number of amides is 2. The van der Waals surface area contributed by atoms with E-state index >= 15 is 0 Å². The van der Waals surface area contributed by atoms with Gasteiger partial charge in [0.2, 0.25) is 5.91 Å². The van der Waals surface area contributed by atoms with Crippen LogP contribution in [-0.4, -0.2) is 52.1 Å². The number of alkyl carbamates (subject to hydrolysis) is 1. The number of nitrogens with one attached hydrogen (secondary N) is 1. The van der Waals surface area contributed by atoms with E-state index in [1.807, 2.05) is 48.8 Å². The van der Waals surface area contributed by atoms with Gasteiger partial charge in [0.15, 0.2) is 0 Å². The molecule has 4 saturated carbocycles. The fourth-order valence-corrected chi connectivity index (χ4v) is 8.46. The van der Waals surface area contributed by atoms with Gasteiger partial charge in [0.05, 0.1) is 13.3 Å². The van der Waals surface area contributed by atoms with Gasteiger partial charge in [-0.25, -0.2) is 9.78 Å². The Kier molecular flexibility index (Phi) is 10.3. The molecule has 4 aliphatic rings. The lowest BCUT2D eigenvalue weighted by molar-refractivity contribution is -0.124. The van der Waals surface area contributed by atoms with Crippen LogP contribution < -0.4 is 15.0 Å². The Morgan fingerprint density at radius 2 is 1.72 bits per heavy atom.